The molecule has 1 aromatic heterocycles. The number of hydrogen-bond acceptors (Lipinski definition) is 3. The Hall–Kier alpha value is -1.52. The molecule has 0 bridgehead atoms. The van der Waals surface area contributed by atoms with Gasteiger partial charge in [-0.25, -0.2) is 0 Å². The molecule has 0 radical (unpaired) electrons. The average Bonchev–Trinajstić information content (AvgIpc) is 2.73. The Labute approximate surface area is 117 Å². The second-order valence-corrected chi connectivity index (χ2v) is 5.05. The largest absolute Gasteiger partial charge is 0.491 e. The Bertz CT molecular complexity index is 554. The third-order valence-electron chi connectivity index (χ3n) is 2.76. The maximum atomic E-state index is 9.89. The van der Waals surface area contributed by atoms with Crippen molar-refractivity contribution in [3.8, 4) is 5.75 Å². The Morgan fingerprint density at radius 1 is 1.42 bits per heavy atom. The van der Waals surface area contributed by atoms with Crippen LogP contribution in [-0.4, -0.2) is 27.6 Å². The lowest BCUT2D eigenvalue weighted by Crippen LogP contribution is -2.24. The Morgan fingerprint density at radius 2 is 2.21 bits per heavy atom. The van der Waals surface area contributed by atoms with E-state index in [0.29, 0.717) is 11.6 Å². The molecule has 19 heavy (non-hydrogen) atoms. The van der Waals surface area contributed by atoms with Crippen molar-refractivity contribution in [2.45, 2.75) is 26.5 Å². The minimum absolute atomic E-state index is 0.224. The lowest BCUT2D eigenvalue weighted by Gasteiger charge is -2.14. The highest BCUT2D eigenvalue weighted by molar-refractivity contribution is 6.30. The first-order chi connectivity index (χ1) is 9.04. The molecule has 0 aliphatic carbocycles. The molecule has 0 saturated heterocycles. The number of ether oxygens (including phenoxy) is 1. The van der Waals surface area contributed by atoms with Gasteiger partial charge in [-0.05, 0) is 25.5 Å². The van der Waals surface area contributed by atoms with E-state index in [0.717, 1.165) is 11.3 Å². The number of benzene rings is 1. The maximum Gasteiger partial charge on any atom is 0.122 e. The molecule has 0 amide bonds. The number of aromatic nitrogens is 2. The second-order valence-electron chi connectivity index (χ2n) is 4.61. The molecule has 2 rings (SSSR count). The molecule has 0 fully saturated rings. The lowest BCUT2D eigenvalue weighted by atomic mass is 10.1. The minimum atomic E-state index is -0.628. The van der Waals surface area contributed by atoms with E-state index in [-0.39, 0.29) is 6.61 Å². The maximum absolute atomic E-state index is 9.89. The summed E-state index contributed by atoms with van der Waals surface area (Å²) >= 11 is 5.76. The number of halogens is 1. The summed E-state index contributed by atoms with van der Waals surface area (Å²) in [5.41, 5.74) is 2.26. The molecule has 1 heterocycles. The van der Waals surface area contributed by atoms with Crippen molar-refractivity contribution in [2.75, 3.05) is 6.61 Å². The Kier molecular flexibility index (Phi) is 4.45. The fourth-order valence-electron chi connectivity index (χ4n) is 1.85. The van der Waals surface area contributed by atoms with E-state index in [4.69, 9.17) is 16.3 Å². The van der Waals surface area contributed by atoms with Crippen LogP contribution in [-0.2, 0) is 6.54 Å². The van der Waals surface area contributed by atoms with Crippen molar-refractivity contribution in [1.29, 1.82) is 0 Å². The van der Waals surface area contributed by atoms with Gasteiger partial charge < -0.3 is 9.84 Å². The van der Waals surface area contributed by atoms with Crippen LogP contribution in [0.5, 0.6) is 5.75 Å². The number of aliphatic hydroxyl groups is 1. The SMILES string of the molecule is Cc1ccc(OCC(O)Cn2cc(Cl)cn2)c(C)c1. The molecule has 102 valence electrons. The van der Waals surface area contributed by atoms with E-state index < -0.39 is 6.10 Å². The van der Waals surface area contributed by atoms with Gasteiger partial charge in [0.05, 0.1) is 17.8 Å². The highest BCUT2D eigenvalue weighted by Gasteiger charge is 2.08. The summed E-state index contributed by atoms with van der Waals surface area (Å²) < 4.78 is 7.20. The predicted octanol–water partition coefficient (Wildman–Crippen LogP) is 2.59. The fourth-order valence-corrected chi connectivity index (χ4v) is 2.01. The van der Waals surface area contributed by atoms with E-state index in [1.807, 2.05) is 26.0 Å². The summed E-state index contributed by atoms with van der Waals surface area (Å²) in [5.74, 6) is 0.795. The van der Waals surface area contributed by atoms with Gasteiger partial charge >= 0.3 is 0 Å². The topological polar surface area (TPSA) is 47.3 Å². The molecule has 1 aromatic carbocycles. The van der Waals surface area contributed by atoms with Crippen molar-refractivity contribution in [2.24, 2.45) is 0 Å². The van der Waals surface area contributed by atoms with Crippen molar-refractivity contribution in [1.82, 2.24) is 9.78 Å². The third-order valence-corrected chi connectivity index (χ3v) is 2.96. The first-order valence-electron chi connectivity index (χ1n) is 6.10. The zero-order valence-corrected chi connectivity index (χ0v) is 11.8. The van der Waals surface area contributed by atoms with Crippen LogP contribution in [0.2, 0.25) is 5.02 Å². The molecule has 0 aliphatic heterocycles. The highest BCUT2D eigenvalue weighted by atomic mass is 35.5. The van der Waals surface area contributed by atoms with Gasteiger partial charge in [-0.1, -0.05) is 29.3 Å². The van der Waals surface area contributed by atoms with Gasteiger partial charge in [0.2, 0.25) is 0 Å². The van der Waals surface area contributed by atoms with E-state index in [9.17, 15) is 5.11 Å². The van der Waals surface area contributed by atoms with Gasteiger partial charge in [-0.15, -0.1) is 0 Å². The minimum Gasteiger partial charge on any atom is -0.491 e. The Balaban J connectivity index is 1.87. The van der Waals surface area contributed by atoms with Crippen LogP contribution in [0, 0.1) is 13.8 Å². The Morgan fingerprint density at radius 3 is 2.84 bits per heavy atom. The third kappa shape index (κ3) is 3.98. The molecular weight excluding hydrogens is 264 g/mol. The van der Waals surface area contributed by atoms with Crippen LogP contribution in [0.3, 0.4) is 0 Å². The summed E-state index contributed by atoms with van der Waals surface area (Å²) in [5, 5.41) is 14.5. The molecule has 1 atom stereocenters. The molecule has 0 spiro atoms. The van der Waals surface area contributed by atoms with Crippen molar-refractivity contribution < 1.29 is 9.84 Å². The quantitative estimate of drug-likeness (QED) is 0.916. The smallest absolute Gasteiger partial charge is 0.122 e. The average molecular weight is 281 g/mol. The number of aliphatic hydroxyl groups excluding tert-OH is 1. The van der Waals surface area contributed by atoms with Gasteiger partial charge in [0.15, 0.2) is 0 Å². The van der Waals surface area contributed by atoms with Gasteiger partial charge in [0.1, 0.15) is 18.5 Å². The molecular formula is C14H17ClN2O2. The molecule has 1 N–H and O–H groups in total. The zero-order valence-electron chi connectivity index (χ0n) is 11.0. The molecule has 1 unspecified atom stereocenters. The summed E-state index contributed by atoms with van der Waals surface area (Å²) in [4.78, 5) is 0. The van der Waals surface area contributed by atoms with E-state index in [2.05, 4.69) is 11.2 Å². The summed E-state index contributed by atoms with van der Waals surface area (Å²) in [6.07, 6.45) is 2.58. The van der Waals surface area contributed by atoms with Crippen molar-refractivity contribution in [3.63, 3.8) is 0 Å². The van der Waals surface area contributed by atoms with E-state index in [1.54, 1.807) is 17.1 Å². The fraction of sp³-hybridized carbons (Fsp3) is 0.357. The molecule has 4 nitrogen and oxygen atoms in total. The van der Waals surface area contributed by atoms with Crippen molar-refractivity contribution >= 4 is 11.6 Å². The predicted molar refractivity (Wildman–Crippen MR) is 74.7 cm³/mol. The lowest BCUT2D eigenvalue weighted by molar-refractivity contribution is 0.0890. The van der Waals surface area contributed by atoms with Crippen LogP contribution in [0.4, 0.5) is 0 Å². The van der Waals surface area contributed by atoms with Crippen LogP contribution >= 0.6 is 11.6 Å². The first kappa shape index (κ1) is 13.9. The zero-order chi connectivity index (χ0) is 13.8. The van der Waals surface area contributed by atoms with Crippen LogP contribution in [0.25, 0.3) is 0 Å². The van der Waals surface area contributed by atoms with Gasteiger partial charge in [-0.2, -0.15) is 5.10 Å². The summed E-state index contributed by atoms with van der Waals surface area (Å²) in [7, 11) is 0. The molecule has 0 aliphatic rings. The monoisotopic (exact) mass is 280 g/mol. The standard InChI is InChI=1S/C14H17ClN2O2/c1-10-3-4-14(11(2)5-10)19-9-13(18)8-17-7-12(15)6-16-17/h3-7,13,18H,8-9H2,1-2H3. The molecule has 5 heteroatoms. The second kappa shape index (κ2) is 6.08. The number of rotatable bonds is 5. The molecule has 0 saturated carbocycles. The van der Waals surface area contributed by atoms with E-state index >= 15 is 0 Å². The normalized spacial score (nSPS) is 12.4. The van der Waals surface area contributed by atoms with Crippen molar-refractivity contribution in [3.05, 3.63) is 46.7 Å². The van der Waals surface area contributed by atoms with Gasteiger partial charge in [0.25, 0.3) is 0 Å². The highest BCUT2D eigenvalue weighted by Crippen LogP contribution is 2.18. The van der Waals surface area contributed by atoms with Gasteiger partial charge in [0, 0.05) is 6.20 Å². The van der Waals surface area contributed by atoms with E-state index in [1.165, 1.54) is 5.56 Å². The van der Waals surface area contributed by atoms with Crippen LogP contribution < -0.4 is 4.74 Å². The van der Waals surface area contributed by atoms with Gasteiger partial charge in [-0.3, -0.25) is 4.68 Å². The number of nitrogens with zero attached hydrogens (tertiary/aromatic N) is 2. The number of hydrogen-bond donors (Lipinski definition) is 1. The van der Waals surface area contributed by atoms with Crippen LogP contribution in [0.15, 0.2) is 30.6 Å². The molecule has 2 aromatic rings. The first-order valence-corrected chi connectivity index (χ1v) is 6.48. The summed E-state index contributed by atoms with van der Waals surface area (Å²) in [6.45, 7) is 4.61. The number of aryl methyl sites for hydroxylation is 2. The summed E-state index contributed by atoms with van der Waals surface area (Å²) in [6, 6.07) is 5.96. The van der Waals surface area contributed by atoms with Crippen LogP contribution in [0.1, 0.15) is 11.1 Å².